The maximum Gasteiger partial charge on any atom is 0.101 e. The van der Waals surface area contributed by atoms with Crippen LogP contribution in [0.15, 0.2) is 18.2 Å². The van der Waals surface area contributed by atoms with Gasteiger partial charge in [-0.2, -0.15) is 5.26 Å². The molecular weight excluding hydrogens is 244 g/mol. The Hall–Kier alpha value is -1.20. The van der Waals surface area contributed by atoms with Crippen molar-refractivity contribution in [1.82, 2.24) is 0 Å². The van der Waals surface area contributed by atoms with Gasteiger partial charge in [-0.25, -0.2) is 0 Å². The van der Waals surface area contributed by atoms with Gasteiger partial charge in [-0.05, 0) is 55.7 Å². The fraction of sp³-hybridized carbons (Fsp3) is 0.533. The number of nitriles is 1. The number of nitrogens with zero attached hydrogens (tertiary/aromatic N) is 2. The van der Waals surface area contributed by atoms with E-state index in [1.165, 1.54) is 25.7 Å². The summed E-state index contributed by atoms with van der Waals surface area (Å²) in [6.45, 7) is 2.18. The number of anilines is 1. The molecule has 0 heterocycles. The first-order valence-corrected chi connectivity index (χ1v) is 7.08. The second-order valence-electron chi connectivity index (χ2n) is 5.57. The molecule has 1 aromatic carbocycles. The van der Waals surface area contributed by atoms with E-state index in [0.717, 1.165) is 41.2 Å². The zero-order chi connectivity index (χ0) is 12.5. The zero-order valence-electron chi connectivity index (χ0n) is 10.4. The van der Waals surface area contributed by atoms with E-state index in [0.29, 0.717) is 0 Å². The minimum atomic E-state index is 0.723. The predicted molar refractivity (Wildman–Crippen MR) is 73.8 cm³/mol. The van der Waals surface area contributed by atoms with Crippen LogP contribution < -0.4 is 4.90 Å². The molecule has 0 spiro atoms. The van der Waals surface area contributed by atoms with Crippen LogP contribution >= 0.6 is 11.6 Å². The number of rotatable bonds is 5. The highest BCUT2D eigenvalue weighted by Crippen LogP contribution is 2.37. The Morgan fingerprint density at radius 3 is 2.28 bits per heavy atom. The van der Waals surface area contributed by atoms with Crippen molar-refractivity contribution in [3.63, 3.8) is 0 Å². The molecule has 1 aromatic rings. The fourth-order valence-electron chi connectivity index (χ4n) is 2.36. The summed E-state index contributed by atoms with van der Waals surface area (Å²) in [6, 6.07) is 7.88. The van der Waals surface area contributed by atoms with E-state index in [2.05, 4.69) is 11.0 Å². The summed E-state index contributed by atoms with van der Waals surface area (Å²) in [5.74, 6) is 1.66. The molecule has 0 atom stereocenters. The highest BCUT2D eigenvalue weighted by Gasteiger charge is 2.30. The van der Waals surface area contributed by atoms with Gasteiger partial charge >= 0.3 is 0 Å². The quantitative estimate of drug-likeness (QED) is 0.804. The maximum atomic E-state index is 9.24. The van der Waals surface area contributed by atoms with E-state index >= 15 is 0 Å². The van der Waals surface area contributed by atoms with Gasteiger partial charge in [0.1, 0.15) is 6.07 Å². The topological polar surface area (TPSA) is 27.0 Å². The van der Waals surface area contributed by atoms with Crippen LogP contribution in [0.4, 0.5) is 5.69 Å². The monoisotopic (exact) mass is 260 g/mol. The fourth-order valence-corrected chi connectivity index (χ4v) is 2.52. The number of hydrogen-bond acceptors (Lipinski definition) is 2. The maximum absolute atomic E-state index is 9.24. The Kier molecular flexibility index (Phi) is 3.18. The molecule has 0 amide bonds. The Labute approximate surface area is 113 Å². The van der Waals surface area contributed by atoms with E-state index in [9.17, 15) is 5.26 Å². The number of halogens is 1. The minimum absolute atomic E-state index is 0.723. The Bertz CT molecular complexity index is 470. The molecule has 2 fully saturated rings. The van der Waals surface area contributed by atoms with E-state index in [-0.39, 0.29) is 0 Å². The first-order chi connectivity index (χ1) is 8.76. The summed E-state index contributed by atoms with van der Waals surface area (Å²) < 4.78 is 0. The van der Waals surface area contributed by atoms with Crippen LogP contribution in [0.1, 0.15) is 31.2 Å². The second-order valence-corrected chi connectivity index (χ2v) is 6.00. The van der Waals surface area contributed by atoms with Crippen molar-refractivity contribution < 1.29 is 0 Å². The highest BCUT2D eigenvalue weighted by atomic mass is 35.5. The Balaban J connectivity index is 1.86. The predicted octanol–water partition coefficient (Wildman–Crippen LogP) is 3.84. The molecule has 0 bridgehead atoms. The molecule has 0 N–H and O–H groups in total. The number of benzene rings is 1. The SMILES string of the molecule is N#Cc1ccc(Cl)cc1N(CC1CC1)CC1CC1. The summed E-state index contributed by atoms with van der Waals surface area (Å²) in [7, 11) is 0. The third-order valence-corrected chi connectivity index (χ3v) is 4.01. The molecule has 0 aliphatic heterocycles. The van der Waals surface area contributed by atoms with Crippen LogP contribution in [0.2, 0.25) is 5.02 Å². The molecule has 2 nitrogen and oxygen atoms in total. The van der Waals surface area contributed by atoms with Gasteiger partial charge in [-0.15, -0.1) is 0 Å². The van der Waals surface area contributed by atoms with Crippen molar-refractivity contribution in [2.75, 3.05) is 18.0 Å². The molecule has 94 valence electrons. The highest BCUT2D eigenvalue weighted by molar-refractivity contribution is 6.30. The smallest absolute Gasteiger partial charge is 0.101 e. The lowest BCUT2D eigenvalue weighted by Gasteiger charge is -2.26. The van der Waals surface area contributed by atoms with Crippen molar-refractivity contribution in [2.24, 2.45) is 11.8 Å². The molecule has 3 heteroatoms. The molecule has 3 rings (SSSR count). The lowest BCUT2D eigenvalue weighted by atomic mass is 10.1. The number of hydrogen-bond donors (Lipinski definition) is 0. The molecule has 18 heavy (non-hydrogen) atoms. The van der Waals surface area contributed by atoms with E-state index in [4.69, 9.17) is 11.6 Å². The van der Waals surface area contributed by atoms with Crippen LogP contribution in [-0.4, -0.2) is 13.1 Å². The standard InChI is InChI=1S/C15H17ClN2/c16-14-6-5-13(8-17)15(7-14)18(9-11-1-2-11)10-12-3-4-12/h5-7,11-12H,1-4,9-10H2. The normalized spacial score (nSPS) is 18.4. The van der Waals surface area contributed by atoms with Crippen molar-refractivity contribution >= 4 is 17.3 Å². The van der Waals surface area contributed by atoms with Gasteiger partial charge in [-0.3, -0.25) is 0 Å². The molecule has 2 aliphatic rings. The third kappa shape index (κ3) is 2.79. The van der Waals surface area contributed by atoms with Crippen molar-refractivity contribution in [3.05, 3.63) is 28.8 Å². The van der Waals surface area contributed by atoms with Gasteiger partial charge in [0.25, 0.3) is 0 Å². The van der Waals surface area contributed by atoms with E-state index in [1.807, 2.05) is 12.1 Å². The van der Waals surface area contributed by atoms with E-state index < -0.39 is 0 Å². The van der Waals surface area contributed by atoms with Crippen LogP contribution in [0.3, 0.4) is 0 Å². The van der Waals surface area contributed by atoms with Gasteiger partial charge in [0.2, 0.25) is 0 Å². The van der Waals surface area contributed by atoms with Crippen LogP contribution in [0.5, 0.6) is 0 Å². The molecular formula is C15H17ClN2. The first-order valence-electron chi connectivity index (χ1n) is 6.71. The first kappa shape index (κ1) is 11.9. The van der Waals surface area contributed by atoms with Gasteiger partial charge < -0.3 is 4.90 Å². The summed E-state index contributed by atoms with van der Waals surface area (Å²) in [6.07, 6.45) is 5.35. The zero-order valence-corrected chi connectivity index (χ0v) is 11.2. The Morgan fingerprint density at radius 1 is 1.17 bits per heavy atom. The van der Waals surface area contributed by atoms with Crippen LogP contribution in [0, 0.1) is 23.2 Å². The molecule has 0 unspecified atom stereocenters. The second kappa shape index (κ2) is 4.82. The lowest BCUT2D eigenvalue weighted by molar-refractivity contribution is 0.679. The summed E-state index contributed by atoms with van der Waals surface area (Å²) in [4.78, 5) is 2.39. The summed E-state index contributed by atoms with van der Waals surface area (Å²) in [5.41, 5.74) is 1.78. The van der Waals surface area contributed by atoms with E-state index in [1.54, 1.807) is 6.07 Å². The minimum Gasteiger partial charge on any atom is -0.370 e. The lowest BCUT2D eigenvalue weighted by Crippen LogP contribution is -2.28. The molecule has 2 saturated carbocycles. The van der Waals surface area contributed by atoms with Gasteiger partial charge in [-0.1, -0.05) is 11.6 Å². The third-order valence-electron chi connectivity index (χ3n) is 3.77. The van der Waals surface area contributed by atoms with Crippen LogP contribution in [-0.2, 0) is 0 Å². The molecule has 0 radical (unpaired) electrons. The average molecular weight is 261 g/mol. The average Bonchev–Trinajstić information content (AvgIpc) is 3.23. The van der Waals surface area contributed by atoms with Gasteiger partial charge in [0.05, 0.1) is 11.3 Å². The molecule has 0 aromatic heterocycles. The van der Waals surface area contributed by atoms with Crippen LogP contribution in [0.25, 0.3) is 0 Å². The Morgan fingerprint density at radius 2 is 1.78 bits per heavy atom. The molecule has 2 aliphatic carbocycles. The van der Waals surface area contributed by atoms with Gasteiger partial charge in [0, 0.05) is 18.1 Å². The van der Waals surface area contributed by atoms with Crippen molar-refractivity contribution in [3.8, 4) is 6.07 Å². The van der Waals surface area contributed by atoms with Crippen molar-refractivity contribution in [1.29, 1.82) is 5.26 Å². The summed E-state index contributed by atoms with van der Waals surface area (Å²) >= 11 is 6.09. The van der Waals surface area contributed by atoms with Gasteiger partial charge in [0.15, 0.2) is 0 Å². The summed E-state index contributed by atoms with van der Waals surface area (Å²) in [5, 5.41) is 9.96. The van der Waals surface area contributed by atoms with Crippen molar-refractivity contribution in [2.45, 2.75) is 25.7 Å². The largest absolute Gasteiger partial charge is 0.370 e. The molecule has 0 saturated heterocycles.